The summed E-state index contributed by atoms with van der Waals surface area (Å²) in [5.74, 6) is 1.00. The number of guanidine groups is 1. The van der Waals surface area contributed by atoms with Crippen molar-refractivity contribution >= 4 is 35.6 Å². The van der Waals surface area contributed by atoms with Crippen LogP contribution in [0.25, 0.3) is 0 Å². The lowest BCUT2D eigenvalue weighted by molar-refractivity contribution is 0.122. The molecule has 2 aliphatic heterocycles. The van der Waals surface area contributed by atoms with E-state index in [1.807, 2.05) is 0 Å². The van der Waals surface area contributed by atoms with Gasteiger partial charge in [0, 0.05) is 38.9 Å². The highest BCUT2D eigenvalue weighted by Crippen LogP contribution is 2.21. The molecule has 116 valence electrons. The normalized spacial score (nSPS) is 18.2. The fraction of sp³-hybridized carbons (Fsp3) is 0.533. The number of morpholine rings is 1. The third-order valence-electron chi connectivity index (χ3n) is 3.84. The molecule has 2 heterocycles. The molecule has 0 radical (unpaired) electrons. The minimum absolute atomic E-state index is 0. The van der Waals surface area contributed by atoms with Crippen LogP contribution in [0, 0.1) is 0 Å². The second kappa shape index (κ2) is 7.84. The average molecular weight is 402 g/mol. The Morgan fingerprint density at radius 3 is 2.67 bits per heavy atom. The van der Waals surface area contributed by atoms with E-state index < -0.39 is 0 Å². The molecular formula is C15H23IN4O. The molecule has 5 nitrogen and oxygen atoms in total. The smallest absolute Gasteiger partial charge is 0.194 e. The van der Waals surface area contributed by atoms with Gasteiger partial charge in [0.2, 0.25) is 0 Å². The lowest BCUT2D eigenvalue weighted by Gasteiger charge is -2.30. The second-order valence-corrected chi connectivity index (χ2v) is 5.21. The number of nitrogens with zero attached hydrogens (tertiary/aromatic N) is 3. The molecule has 1 saturated heterocycles. The van der Waals surface area contributed by atoms with Crippen molar-refractivity contribution in [2.45, 2.75) is 6.54 Å². The van der Waals surface area contributed by atoms with Crippen LogP contribution in [0.15, 0.2) is 29.3 Å². The zero-order valence-electron chi connectivity index (χ0n) is 12.4. The molecule has 3 rings (SSSR count). The molecule has 1 N–H and O–H groups in total. The van der Waals surface area contributed by atoms with Crippen molar-refractivity contribution < 1.29 is 4.74 Å². The molecule has 0 unspecified atom stereocenters. The Bertz CT molecular complexity index is 488. The number of halogens is 1. The molecule has 0 amide bonds. The van der Waals surface area contributed by atoms with Crippen molar-refractivity contribution in [1.29, 1.82) is 0 Å². The van der Waals surface area contributed by atoms with Crippen molar-refractivity contribution in [3.8, 4) is 0 Å². The van der Waals surface area contributed by atoms with Gasteiger partial charge in [0.1, 0.15) is 0 Å². The van der Waals surface area contributed by atoms with Crippen molar-refractivity contribution in [1.82, 2.24) is 10.2 Å². The molecular weight excluding hydrogens is 379 g/mol. The number of nitrogens with one attached hydrogen (secondary N) is 1. The van der Waals surface area contributed by atoms with Gasteiger partial charge in [0.15, 0.2) is 5.96 Å². The zero-order chi connectivity index (χ0) is 13.8. The Hall–Kier alpha value is -1.02. The van der Waals surface area contributed by atoms with Gasteiger partial charge in [-0.3, -0.25) is 4.99 Å². The Kier molecular flexibility index (Phi) is 6.10. The van der Waals surface area contributed by atoms with Crippen molar-refractivity contribution in [2.24, 2.45) is 4.99 Å². The van der Waals surface area contributed by atoms with E-state index in [2.05, 4.69) is 51.4 Å². The van der Waals surface area contributed by atoms with Crippen LogP contribution in [-0.2, 0) is 11.3 Å². The van der Waals surface area contributed by atoms with Gasteiger partial charge < -0.3 is 19.9 Å². The van der Waals surface area contributed by atoms with E-state index in [1.165, 1.54) is 11.3 Å². The van der Waals surface area contributed by atoms with Crippen LogP contribution in [-0.4, -0.2) is 57.3 Å². The SMILES string of the molecule is CN1CCN=C1NCc1ccccc1N1CCOCC1.I. The number of hydrogen-bond donors (Lipinski definition) is 1. The molecule has 0 aromatic heterocycles. The molecule has 1 fully saturated rings. The molecule has 0 bridgehead atoms. The van der Waals surface area contributed by atoms with Crippen molar-refractivity contribution in [3.05, 3.63) is 29.8 Å². The Morgan fingerprint density at radius 2 is 1.95 bits per heavy atom. The fourth-order valence-electron chi connectivity index (χ4n) is 2.67. The summed E-state index contributed by atoms with van der Waals surface area (Å²) in [6.45, 7) is 6.29. The number of ether oxygens (including phenoxy) is 1. The van der Waals surface area contributed by atoms with Crippen LogP contribution in [0.3, 0.4) is 0 Å². The van der Waals surface area contributed by atoms with Gasteiger partial charge in [-0.15, -0.1) is 24.0 Å². The van der Waals surface area contributed by atoms with Gasteiger partial charge in [-0.2, -0.15) is 0 Å². The van der Waals surface area contributed by atoms with E-state index in [-0.39, 0.29) is 24.0 Å². The van der Waals surface area contributed by atoms with Crippen molar-refractivity contribution in [3.63, 3.8) is 0 Å². The summed E-state index contributed by atoms with van der Waals surface area (Å²) < 4.78 is 5.43. The largest absolute Gasteiger partial charge is 0.378 e. The van der Waals surface area contributed by atoms with E-state index in [0.717, 1.165) is 51.9 Å². The van der Waals surface area contributed by atoms with Gasteiger partial charge in [0.05, 0.1) is 19.8 Å². The van der Waals surface area contributed by atoms with E-state index in [4.69, 9.17) is 4.74 Å². The summed E-state index contributed by atoms with van der Waals surface area (Å²) in [7, 11) is 2.08. The maximum atomic E-state index is 5.43. The summed E-state index contributed by atoms with van der Waals surface area (Å²) in [5, 5.41) is 3.45. The van der Waals surface area contributed by atoms with Crippen LogP contribution in [0.2, 0.25) is 0 Å². The molecule has 21 heavy (non-hydrogen) atoms. The molecule has 0 aliphatic carbocycles. The van der Waals surface area contributed by atoms with E-state index in [9.17, 15) is 0 Å². The van der Waals surface area contributed by atoms with Crippen LogP contribution in [0.5, 0.6) is 0 Å². The maximum Gasteiger partial charge on any atom is 0.194 e. The Morgan fingerprint density at radius 1 is 1.19 bits per heavy atom. The first kappa shape index (κ1) is 16.4. The number of hydrogen-bond acceptors (Lipinski definition) is 5. The molecule has 1 aromatic rings. The van der Waals surface area contributed by atoms with Gasteiger partial charge >= 0.3 is 0 Å². The highest BCUT2D eigenvalue weighted by Gasteiger charge is 2.16. The summed E-state index contributed by atoms with van der Waals surface area (Å²) in [6, 6.07) is 8.59. The lowest BCUT2D eigenvalue weighted by Crippen LogP contribution is -2.38. The first-order valence-electron chi connectivity index (χ1n) is 7.24. The molecule has 6 heteroatoms. The number of para-hydroxylation sites is 1. The van der Waals surface area contributed by atoms with Crippen LogP contribution in [0.4, 0.5) is 5.69 Å². The van der Waals surface area contributed by atoms with Gasteiger partial charge in [0.25, 0.3) is 0 Å². The third kappa shape index (κ3) is 4.00. The first-order valence-corrected chi connectivity index (χ1v) is 7.24. The van der Waals surface area contributed by atoms with E-state index >= 15 is 0 Å². The van der Waals surface area contributed by atoms with Crippen molar-refractivity contribution in [2.75, 3.05) is 51.3 Å². The topological polar surface area (TPSA) is 40.1 Å². The summed E-state index contributed by atoms with van der Waals surface area (Å²) in [6.07, 6.45) is 0. The summed E-state index contributed by atoms with van der Waals surface area (Å²) in [4.78, 5) is 9.04. The predicted octanol–water partition coefficient (Wildman–Crippen LogP) is 1.53. The number of rotatable bonds is 3. The fourth-order valence-corrected chi connectivity index (χ4v) is 2.67. The first-order chi connectivity index (χ1) is 9.84. The minimum atomic E-state index is 0. The Balaban J connectivity index is 0.00000161. The molecule has 0 atom stereocenters. The molecule has 0 spiro atoms. The molecule has 1 aromatic carbocycles. The lowest BCUT2D eigenvalue weighted by atomic mass is 10.1. The summed E-state index contributed by atoms with van der Waals surface area (Å²) in [5.41, 5.74) is 2.63. The maximum absolute atomic E-state index is 5.43. The second-order valence-electron chi connectivity index (χ2n) is 5.21. The Labute approximate surface area is 143 Å². The monoisotopic (exact) mass is 402 g/mol. The van der Waals surface area contributed by atoms with Gasteiger partial charge in [-0.25, -0.2) is 0 Å². The third-order valence-corrected chi connectivity index (χ3v) is 3.84. The highest BCUT2D eigenvalue weighted by molar-refractivity contribution is 14.0. The van der Waals surface area contributed by atoms with E-state index in [0.29, 0.717) is 0 Å². The van der Waals surface area contributed by atoms with Crippen LogP contribution in [0.1, 0.15) is 5.56 Å². The number of anilines is 1. The average Bonchev–Trinajstić information content (AvgIpc) is 2.92. The predicted molar refractivity (Wildman–Crippen MR) is 96.7 cm³/mol. The van der Waals surface area contributed by atoms with E-state index in [1.54, 1.807) is 0 Å². The molecule has 0 saturated carbocycles. The quantitative estimate of drug-likeness (QED) is 0.779. The zero-order valence-corrected chi connectivity index (χ0v) is 14.7. The number of benzene rings is 1. The molecule has 2 aliphatic rings. The standard InChI is InChI=1S/C15H22N4O.HI/c1-18-7-6-16-15(18)17-12-13-4-2-3-5-14(13)19-8-10-20-11-9-19;/h2-5H,6-12H2,1H3,(H,16,17);1H. The van der Waals surface area contributed by atoms with Gasteiger partial charge in [-0.1, -0.05) is 18.2 Å². The highest BCUT2D eigenvalue weighted by atomic mass is 127. The minimum Gasteiger partial charge on any atom is -0.378 e. The number of aliphatic imine (C=N–C) groups is 1. The van der Waals surface area contributed by atoms with Crippen LogP contribution >= 0.6 is 24.0 Å². The van der Waals surface area contributed by atoms with Gasteiger partial charge in [-0.05, 0) is 11.6 Å². The number of likely N-dealkylation sites (N-methyl/N-ethyl adjacent to an activating group) is 1. The van der Waals surface area contributed by atoms with Crippen LogP contribution < -0.4 is 10.2 Å². The summed E-state index contributed by atoms with van der Waals surface area (Å²) >= 11 is 0.